The quantitative estimate of drug-likeness (QED) is 0.730. The van der Waals surface area contributed by atoms with Crippen LogP contribution in [0.5, 0.6) is 11.5 Å². The normalized spacial score (nSPS) is 16.9. The van der Waals surface area contributed by atoms with Crippen molar-refractivity contribution in [1.82, 2.24) is 9.80 Å². The van der Waals surface area contributed by atoms with Gasteiger partial charge in [0.15, 0.2) is 6.29 Å². The summed E-state index contributed by atoms with van der Waals surface area (Å²) in [5, 5.41) is 0. The summed E-state index contributed by atoms with van der Waals surface area (Å²) >= 11 is 0. The molecular formula is C15H22N2O3. The molecule has 5 nitrogen and oxygen atoms in total. The second-order valence-corrected chi connectivity index (χ2v) is 5.01. The Balaban J connectivity index is 1.83. The maximum absolute atomic E-state index is 11.0. The fourth-order valence-electron chi connectivity index (χ4n) is 2.23. The Hall–Kier alpha value is -1.59. The molecule has 0 atom stereocenters. The molecule has 5 heteroatoms. The summed E-state index contributed by atoms with van der Waals surface area (Å²) in [4.78, 5) is 15.7. The zero-order chi connectivity index (χ0) is 14.4. The van der Waals surface area contributed by atoms with Crippen LogP contribution in [0.25, 0.3) is 0 Å². The lowest BCUT2D eigenvalue weighted by molar-refractivity contribution is 0.111. The van der Waals surface area contributed by atoms with E-state index in [2.05, 4.69) is 16.8 Å². The zero-order valence-electron chi connectivity index (χ0n) is 12.2. The number of carbonyl (C=O) groups excluding carboxylic acids is 1. The minimum atomic E-state index is 0.530. The lowest BCUT2D eigenvalue weighted by Crippen LogP contribution is -2.45. The number of hydrogen-bond acceptors (Lipinski definition) is 5. The van der Waals surface area contributed by atoms with Gasteiger partial charge < -0.3 is 14.4 Å². The third-order valence-electron chi connectivity index (χ3n) is 3.60. The predicted octanol–water partition coefficient (Wildman–Crippen LogP) is 1.13. The van der Waals surface area contributed by atoms with E-state index in [4.69, 9.17) is 9.47 Å². The molecule has 1 aliphatic rings. The van der Waals surface area contributed by atoms with Gasteiger partial charge in [-0.3, -0.25) is 9.69 Å². The van der Waals surface area contributed by atoms with Gasteiger partial charge in [0.1, 0.15) is 18.1 Å². The molecule has 1 aromatic carbocycles. The van der Waals surface area contributed by atoms with Gasteiger partial charge in [0.25, 0.3) is 0 Å². The maximum atomic E-state index is 11.0. The minimum Gasteiger partial charge on any atom is -0.497 e. The van der Waals surface area contributed by atoms with Crippen molar-refractivity contribution in [2.24, 2.45) is 0 Å². The number of ether oxygens (including phenoxy) is 2. The van der Waals surface area contributed by atoms with Crippen molar-refractivity contribution in [3.63, 3.8) is 0 Å². The lowest BCUT2D eigenvalue weighted by atomic mass is 10.2. The van der Waals surface area contributed by atoms with Crippen LogP contribution >= 0.6 is 0 Å². The van der Waals surface area contributed by atoms with Crippen LogP contribution in [0.3, 0.4) is 0 Å². The van der Waals surface area contributed by atoms with E-state index in [0.717, 1.165) is 39.0 Å². The summed E-state index contributed by atoms with van der Waals surface area (Å²) in [6.45, 7) is 5.82. The Labute approximate surface area is 120 Å². The first-order valence-corrected chi connectivity index (χ1v) is 6.90. The summed E-state index contributed by atoms with van der Waals surface area (Å²) in [5.41, 5.74) is 0.530. The summed E-state index contributed by atoms with van der Waals surface area (Å²) in [6.07, 6.45) is 0.799. The van der Waals surface area contributed by atoms with E-state index in [1.165, 1.54) is 0 Å². The maximum Gasteiger partial charge on any atom is 0.153 e. The van der Waals surface area contributed by atoms with E-state index in [9.17, 15) is 4.79 Å². The molecule has 0 saturated carbocycles. The molecule has 110 valence electrons. The van der Waals surface area contributed by atoms with Gasteiger partial charge in [-0.05, 0) is 25.2 Å². The van der Waals surface area contributed by atoms with E-state index in [-0.39, 0.29) is 0 Å². The molecule has 0 aromatic heterocycles. The third kappa shape index (κ3) is 3.95. The molecular weight excluding hydrogens is 256 g/mol. The Morgan fingerprint density at radius 3 is 2.65 bits per heavy atom. The number of piperazine rings is 1. The van der Waals surface area contributed by atoms with Crippen molar-refractivity contribution in [1.29, 1.82) is 0 Å². The van der Waals surface area contributed by atoms with Crippen molar-refractivity contribution in [3.8, 4) is 11.5 Å². The number of hydrogen-bond donors (Lipinski definition) is 0. The highest BCUT2D eigenvalue weighted by molar-refractivity contribution is 5.80. The molecule has 20 heavy (non-hydrogen) atoms. The van der Waals surface area contributed by atoms with Crippen LogP contribution in [0.2, 0.25) is 0 Å². The van der Waals surface area contributed by atoms with Crippen LogP contribution in [0.4, 0.5) is 0 Å². The van der Waals surface area contributed by atoms with Crippen LogP contribution in [-0.2, 0) is 0 Å². The highest BCUT2D eigenvalue weighted by Gasteiger charge is 2.13. The molecule has 0 unspecified atom stereocenters. The topological polar surface area (TPSA) is 42.0 Å². The van der Waals surface area contributed by atoms with E-state index < -0.39 is 0 Å². The Bertz CT molecular complexity index is 443. The van der Waals surface area contributed by atoms with Crippen molar-refractivity contribution >= 4 is 6.29 Å². The summed E-state index contributed by atoms with van der Waals surface area (Å²) < 4.78 is 10.8. The molecule has 0 amide bonds. The standard InChI is InChI=1S/C15H22N2O3/c1-16-5-7-17(8-6-16)9-10-20-15-4-3-14(19-2)11-13(15)12-18/h3-4,11-12H,5-10H2,1-2H3. The molecule has 1 fully saturated rings. The van der Waals surface area contributed by atoms with Crippen molar-refractivity contribution in [2.45, 2.75) is 0 Å². The fraction of sp³-hybridized carbons (Fsp3) is 0.533. The molecule has 1 aromatic rings. The van der Waals surface area contributed by atoms with E-state index in [1.807, 2.05) is 0 Å². The van der Waals surface area contributed by atoms with E-state index >= 15 is 0 Å². The first-order chi connectivity index (χ1) is 9.72. The average Bonchev–Trinajstić information content (AvgIpc) is 2.49. The van der Waals surface area contributed by atoms with E-state index in [0.29, 0.717) is 23.7 Å². The summed E-state index contributed by atoms with van der Waals surface area (Å²) in [7, 11) is 3.72. The van der Waals surface area contributed by atoms with Gasteiger partial charge in [-0.1, -0.05) is 0 Å². The van der Waals surface area contributed by atoms with Crippen LogP contribution < -0.4 is 9.47 Å². The molecule has 1 saturated heterocycles. The number of nitrogens with zero attached hydrogens (tertiary/aromatic N) is 2. The van der Waals surface area contributed by atoms with Gasteiger partial charge >= 0.3 is 0 Å². The molecule has 0 spiro atoms. The van der Waals surface area contributed by atoms with Crippen LogP contribution in [0.1, 0.15) is 10.4 Å². The van der Waals surface area contributed by atoms with Gasteiger partial charge in [-0.2, -0.15) is 0 Å². The van der Waals surface area contributed by atoms with Gasteiger partial charge in [0, 0.05) is 32.7 Å². The molecule has 1 aliphatic heterocycles. The molecule has 2 rings (SSSR count). The number of benzene rings is 1. The van der Waals surface area contributed by atoms with Crippen LogP contribution in [0.15, 0.2) is 18.2 Å². The average molecular weight is 278 g/mol. The Morgan fingerprint density at radius 2 is 2.00 bits per heavy atom. The number of likely N-dealkylation sites (N-methyl/N-ethyl adjacent to an activating group) is 1. The van der Waals surface area contributed by atoms with Crippen molar-refractivity contribution in [2.75, 3.05) is 53.5 Å². The second-order valence-electron chi connectivity index (χ2n) is 5.01. The molecule has 1 heterocycles. The summed E-state index contributed by atoms with van der Waals surface area (Å²) in [5.74, 6) is 1.29. The molecule has 0 radical (unpaired) electrons. The SMILES string of the molecule is COc1ccc(OCCN2CCN(C)CC2)c(C=O)c1. The van der Waals surface area contributed by atoms with Gasteiger partial charge in [0.05, 0.1) is 12.7 Å². The Morgan fingerprint density at radius 1 is 1.25 bits per heavy atom. The monoisotopic (exact) mass is 278 g/mol. The van der Waals surface area contributed by atoms with Gasteiger partial charge in [-0.25, -0.2) is 0 Å². The number of rotatable bonds is 6. The molecule has 0 aliphatic carbocycles. The first-order valence-electron chi connectivity index (χ1n) is 6.90. The van der Waals surface area contributed by atoms with Crippen LogP contribution in [0, 0.1) is 0 Å². The highest BCUT2D eigenvalue weighted by atomic mass is 16.5. The highest BCUT2D eigenvalue weighted by Crippen LogP contribution is 2.22. The van der Waals surface area contributed by atoms with E-state index in [1.54, 1.807) is 25.3 Å². The number of methoxy groups -OCH3 is 1. The second kappa shape index (κ2) is 7.26. The molecule has 0 bridgehead atoms. The van der Waals surface area contributed by atoms with Crippen molar-refractivity contribution in [3.05, 3.63) is 23.8 Å². The van der Waals surface area contributed by atoms with Gasteiger partial charge in [0.2, 0.25) is 0 Å². The lowest BCUT2D eigenvalue weighted by Gasteiger charge is -2.32. The fourth-order valence-corrected chi connectivity index (χ4v) is 2.23. The Kier molecular flexibility index (Phi) is 5.38. The zero-order valence-corrected chi connectivity index (χ0v) is 12.2. The van der Waals surface area contributed by atoms with Crippen LogP contribution in [-0.4, -0.2) is 69.6 Å². The summed E-state index contributed by atoms with van der Waals surface area (Å²) in [6, 6.07) is 5.28. The van der Waals surface area contributed by atoms with Crippen molar-refractivity contribution < 1.29 is 14.3 Å². The number of aldehydes is 1. The smallest absolute Gasteiger partial charge is 0.153 e. The molecule has 0 N–H and O–H groups in total. The number of carbonyl (C=O) groups is 1. The first kappa shape index (κ1) is 14.8. The van der Waals surface area contributed by atoms with Gasteiger partial charge in [-0.15, -0.1) is 0 Å². The predicted molar refractivity (Wildman–Crippen MR) is 77.8 cm³/mol. The largest absolute Gasteiger partial charge is 0.497 e. The third-order valence-corrected chi connectivity index (χ3v) is 3.60. The minimum absolute atomic E-state index is 0.530.